The normalized spacial score (nSPS) is 22.9. The lowest BCUT2D eigenvalue weighted by atomic mass is 10.1. The van der Waals surface area contributed by atoms with Gasteiger partial charge in [0.05, 0.1) is 5.69 Å². The van der Waals surface area contributed by atoms with Crippen molar-refractivity contribution in [1.29, 1.82) is 0 Å². The molecule has 3 rings (SSSR count). The summed E-state index contributed by atoms with van der Waals surface area (Å²) >= 11 is 5.54. The fourth-order valence-corrected chi connectivity index (χ4v) is 3.87. The SMILES string of the molecule is CCCc1nn(C)c2c1[nH]c(=S)n2CC1CCC(C)C1. The molecule has 0 spiro atoms. The van der Waals surface area contributed by atoms with Crippen LogP contribution in [-0.4, -0.2) is 19.3 Å². The topological polar surface area (TPSA) is 38.5 Å². The lowest BCUT2D eigenvalue weighted by molar-refractivity contribution is 0.440. The van der Waals surface area contributed by atoms with E-state index >= 15 is 0 Å². The van der Waals surface area contributed by atoms with E-state index in [1.165, 1.54) is 19.3 Å². The second-order valence-corrected chi connectivity index (χ2v) is 6.73. The van der Waals surface area contributed by atoms with E-state index in [0.717, 1.165) is 52.9 Å². The van der Waals surface area contributed by atoms with E-state index < -0.39 is 0 Å². The molecule has 2 aromatic rings. The van der Waals surface area contributed by atoms with E-state index in [9.17, 15) is 0 Å². The van der Waals surface area contributed by atoms with Gasteiger partial charge in [-0.15, -0.1) is 0 Å². The van der Waals surface area contributed by atoms with Crippen molar-refractivity contribution in [1.82, 2.24) is 19.3 Å². The summed E-state index contributed by atoms with van der Waals surface area (Å²) in [6.07, 6.45) is 6.13. The molecule has 1 saturated carbocycles. The first kappa shape index (κ1) is 13.9. The fraction of sp³-hybridized carbons (Fsp3) is 0.733. The molecule has 20 heavy (non-hydrogen) atoms. The van der Waals surface area contributed by atoms with E-state index in [4.69, 9.17) is 12.2 Å². The molecule has 2 unspecified atom stereocenters. The molecule has 110 valence electrons. The molecule has 1 fully saturated rings. The average Bonchev–Trinajstić information content (AvgIpc) is 3.02. The first-order valence-corrected chi connectivity index (χ1v) is 8.15. The van der Waals surface area contributed by atoms with Crippen molar-refractivity contribution in [3.8, 4) is 0 Å². The first-order valence-electron chi connectivity index (χ1n) is 7.74. The van der Waals surface area contributed by atoms with Gasteiger partial charge in [-0.25, -0.2) is 0 Å². The van der Waals surface area contributed by atoms with Crippen molar-refractivity contribution in [2.24, 2.45) is 18.9 Å². The van der Waals surface area contributed by atoms with Gasteiger partial charge in [-0.3, -0.25) is 4.68 Å². The van der Waals surface area contributed by atoms with Crippen LogP contribution >= 0.6 is 12.2 Å². The number of nitrogens with one attached hydrogen (secondary N) is 1. The molecule has 1 aliphatic carbocycles. The van der Waals surface area contributed by atoms with Gasteiger partial charge in [0.1, 0.15) is 5.52 Å². The van der Waals surface area contributed by atoms with E-state index in [1.807, 2.05) is 11.7 Å². The molecule has 0 radical (unpaired) electrons. The number of aromatic amines is 1. The molecule has 4 nitrogen and oxygen atoms in total. The highest BCUT2D eigenvalue weighted by molar-refractivity contribution is 7.71. The predicted octanol–water partition coefficient (Wildman–Crippen LogP) is 3.82. The molecule has 0 saturated heterocycles. The second kappa shape index (κ2) is 5.35. The Labute approximate surface area is 125 Å². The van der Waals surface area contributed by atoms with Crippen molar-refractivity contribution in [3.05, 3.63) is 10.5 Å². The molecule has 2 aromatic heterocycles. The molecule has 0 aliphatic heterocycles. The Morgan fingerprint density at radius 2 is 2.20 bits per heavy atom. The number of hydrogen-bond donors (Lipinski definition) is 1. The van der Waals surface area contributed by atoms with Crippen LogP contribution in [0.15, 0.2) is 0 Å². The third-order valence-corrected chi connectivity index (χ3v) is 4.88. The van der Waals surface area contributed by atoms with Crippen molar-refractivity contribution in [3.63, 3.8) is 0 Å². The lowest BCUT2D eigenvalue weighted by Crippen LogP contribution is -2.10. The smallest absolute Gasteiger partial charge is 0.179 e. The number of rotatable bonds is 4. The molecule has 2 atom stereocenters. The van der Waals surface area contributed by atoms with E-state index in [-0.39, 0.29) is 0 Å². The van der Waals surface area contributed by atoms with Crippen LogP contribution in [0.1, 0.15) is 45.2 Å². The summed E-state index contributed by atoms with van der Waals surface area (Å²) in [7, 11) is 2.03. The summed E-state index contributed by atoms with van der Waals surface area (Å²) in [6, 6.07) is 0. The summed E-state index contributed by atoms with van der Waals surface area (Å²) in [5, 5.41) is 4.65. The van der Waals surface area contributed by atoms with Gasteiger partial charge < -0.3 is 9.55 Å². The molecular formula is C15H24N4S. The van der Waals surface area contributed by atoms with Gasteiger partial charge in [0.2, 0.25) is 0 Å². The summed E-state index contributed by atoms with van der Waals surface area (Å²) in [6.45, 7) is 5.58. The number of nitrogens with zero attached hydrogens (tertiary/aromatic N) is 3. The quantitative estimate of drug-likeness (QED) is 0.870. The lowest BCUT2D eigenvalue weighted by Gasteiger charge is -2.11. The molecule has 0 aromatic carbocycles. The highest BCUT2D eigenvalue weighted by atomic mass is 32.1. The van der Waals surface area contributed by atoms with E-state index in [1.54, 1.807) is 0 Å². The van der Waals surface area contributed by atoms with Gasteiger partial charge in [0.15, 0.2) is 10.4 Å². The second-order valence-electron chi connectivity index (χ2n) is 6.34. The number of fused-ring (bicyclic) bond motifs is 1. The minimum absolute atomic E-state index is 0.764. The monoisotopic (exact) mass is 292 g/mol. The molecular weight excluding hydrogens is 268 g/mol. The number of H-pyrrole nitrogens is 1. The largest absolute Gasteiger partial charge is 0.328 e. The zero-order valence-electron chi connectivity index (χ0n) is 12.6. The van der Waals surface area contributed by atoms with Gasteiger partial charge in [0.25, 0.3) is 0 Å². The standard InChI is InChI=1S/C15H24N4S/c1-4-5-12-13-14(18(3)17-12)19(15(20)16-13)9-11-7-6-10(2)8-11/h10-11H,4-9H2,1-3H3,(H,16,20). The van der Waals surface area contributed by atoms with Crippen LogP contribution < -0.4 is 0 Å². The first-order chi connectivity index (χ1) is 9.60. The van der Waals surface area contributed by atoms with E-state index in [0.29, 0.717) is 0 Å². The summed E-state index contributed by atoms with van der Waals surface area (Å²) in [5.74, 6) is 1.63. The summed E-state index contributed by atoms with van der Waals surface area (Å²) in [4.78, 5) is 3.38. The number of aromatic nitrogens is 4. The maximum atomic E-state index is 5.54. The van der Waals surface area contributed by atoms with Gasteiger partial charge in [-0.1, -0.05) is 26.7 Å². The Kier molecular flexibility index (Phi) is 3.71. The van der Waals surface area contributed by atoms with Gasteiger partial charge in [0, 0.05) is 13.6 Å². The zero-order valence-corrected chi connectivity index (χ0v) is 13.5. The van der Waals surface area contributed by atoms with Crippen molar-refractivity contribution >= 4 is 23.4 Å². The van der Waals surface area contributed by atoms with Crippen LogP contribution in [0.5, 0.6) is 0 Å². The van der Waals surface area contributed by atoms with Crippen LogP contribution in [0.2, 0.25) is 0 Å². The fourth-order valence-electron chi connectivity index (χ4n) is 3.61. The molecule has 0 amide bonds. The Hall–Kier alpha value is -1.10. The number of aryl methyl sites for hydroxylation is 2. The van der Waals surface area contributed by atoms with Crippen LogP contribution in [0, 0.1) is 16.6 Å². The minimum Gasteiger partial charge on any atom is -0.328 e. The predicted molar refractivity (Wildman–Crippen MR) is 84.4 cm³/mol. The van der Waals surface area contributed by atoms with Crippen LogP contribution in [0.4, 0.5) is 0 Å². The van der Waals surface area contributed by atoms with Crippen LogP contribution in [0.25, 0.3) is 11.2 Å². The molecule has 0 bridgehead atoms. The minimum atomic E-state index is 0.764. The van der Waals surface area contributed by atoms with Crippen molar-refractivity contribution in [2.75, 3.05) is 0 Å². The summed E-state index contributed by atoms with van der Waals surface area (Å²) < 4.78 is 5.11. The maximum absolute atomic E-state index is 5.54. The third kappa shape index (κ3) is 2.32. The Morgan fingerprint density at radius 1 is 1.40 bits per heavy atom. The molecule has 5 heteroatoms. The van der Waals surface area contributed by atoms with Gasteiger partial charge in [-0.05, 0) is 43.3 Å². The van der Waals surface area contributed by atoms with Crippen molar-refractivity contribution < 1.29 is 0 Å². The number of imidazole rings is 1. The summed E-state index contributed by atoms with van der Waals surface area (Å²) in [5.41, 5.74) is 3.46. The van der Waals surface area contributed by atoms with Crippen LogP contribution in [0.3, 0.4) is 0 Å². The Bertz CT molecular complexity index is 663. The Morgan fingerprint density at radius 3 is 2.85 bits per heavy atom. The van der Waals surface area contributed by atoms with Gasteiger partial charge in [-0.2, -0.15) is 5.10 Å². The maximum Gasteiger partial charge on any atom is 0.179 e. The zero-order chi connectivity index (χ0) is 14.3. The third-order valence-electron chi connectivity index (χ3n) is 4.55. The highest BCUT2D eigenvalue weighted by Crippen LogP contribution is 2.32. The van der Waals surface area contributed by atoms with Crippen LogP contribution in [-0.2, 0) is 20.0 Å². The molecule has 1 aliphatic rings. The number of hydrogen-bond acceptors (Lipinski definition) is 2. The van der Waals surface area contributed by atoms with Gasteiger partial charge >= 0.3 is 0 Å². The van der Waals surface area contributed by atoms with Crippen molar-refractivity contribution in [2.45, 2.75) is 52.5 Å². The van der Waals surface area contributed by atoms with E-state index in [2.05, 4.69) is 28.5 Å². The Balaban J connectivity index is 1.98. The highest BCUT2D eigenvalue weighted by Gasteiger charge is 2.23. The molecule has 2 heterocycles. The molecule has 1 N–H and O–H groups in total. The average molecular weight is 292 g/mol.